The molecule has 3 rings (SSSR count). The molecule has 9 heteroatoms. The zero-order valence-electron chi connectivity index (χ0n) is 16.4. The van der Waals surface area contributed by atoms with E-state index in [0.29, 0.717) is 16.5 Å². The Morgan fingerprint density at radius 1 is 0.833 bits per heavy atom. The zero-order valence-corrected chi connectivity index (χ0v) is 18.0. The van der Waals surface area contributed by atoms with E-state index in [1.54, 1.807) is 36.4 Å². The minimum absolute atomic E-state index is 0.226. The van der Waals surface area contributed by atoms with E-state index in [1.165, 1.54) is 32.2 Å². The van der Waals surface area contributed by atoms with Gasteiger partial charge in [0.2, 0.25) is 0 Å². The summed E-state index contributed by atoms with van der Waals surface area (Å²) < 4.78 is 73.3. The highest BCUT2D eigenvalue weighted by Crippen LogP contribution is 2.30. The van der Waals surface area contributed by atoms with Crippen molar-refractivity contribution in [1.29, 1.82) is 0 Å². The van der Waals surface area contributed by atoms with Gasteiger partial charge in [-0.25, -0.2) is 16.8 Å². The molecular weight excluding hydrogens is 428 g/mol. The van der Waals surface area contributed by atoms with Gasteiger partial charge in [0.25, 0.3) is 0 Å². The SMILES string of the molecule is COc1cc(S(=O)(=O)[O-])c(C)cc1/C=C/c1c(C)ccc2cc(S(=O)(=O)[O-])ccc12. The molecule has 30 heavy (non-hydrogen) atoms. The third-order valence-electron chi connectivity index (χ3n) is 4.77. The van der Waals surface area contributed by atoms with Crippen LogP contribution in [0, 0.1) is 13.8 Å². The van der Waals surface area contributed by atoms with Gasteiger partial charge >= 0.3 is 0 Å². The molecule has 7 nitrogen and oxygen atoms in total. The van der Waals surface area contributed by atoms with E-state index < -0.39 is 20.2 Å². The standard InChI is InChI=1S/C21H20O7S2/c1-13-4-5-15-11-17(29(22,23)24)7-9-19(15)18(13)8-6-16-10-14(2)21(30(25,26)27)12-20(16)28-3/h4-12H,1-3H3,(H,22,23,24)(H,25,26,27)/p-2/b8-6+. The highest BCUT2D eigenvalue weighted by atomic mass is 32.2. The van der Waals surface area contributed by atoms with Gasteiger partial charge in [-0.05, 0) is 65.6 Å². The van der Waals surface area contributed by atoms with Crippen LogP contribution in [-0.2, 0) is 20.2 Å². The number of methoxy groups -OCH3 is 1. The number of benzene rings is 3. The molecule has 0 heterocycles. The lowest BCUT2D eigenvalue weighted by Crippen LogP contribution is -2.03. The summed E-state index contributed by atoms with van der Waals surface area (Å²) in [6.07, 6.45) is 3.50. The maximum Gasteiger partial charge on any atom is 0.127 e. The van der Waals surface area contributed by atoms with Crippen LogP contribution in [0.25, 0.3) is 22.9 Å². The molecule has 0 atom stereocenters. The predicted octanol–water partition coefficient (Wildman–Crippen LogP) is 3.44. The first-order valence-corrected chi connectivity index (χ1v) is 11.6. The Hall–Kier alpha value is -2.72. The van der Waals surface area contributed by atoms with Crippen molar-refractivity contribution in [2.24, 2.45) is 0 Å². The molecule has 0 N–H and O–H groups in total. The fourth-order valence-electron chi connectivity index (χ4n) is 3.26. The summed E-state index contributed by atoms with van der Waals surface area (Å²) in [5.74, 6) is 0.226. The highest BCUT2D eigenvalue weighted by molar-refractivity contribution is 7.86. The van der Waals surface area contributed by atoms with Gasteiger partial charge in [0.1, 0.15) is 26.0 Å². The Morgan fingerprint density at radius 2 is 1.53 bits per heavy atom. The van der Waals surface area contributed by atoms with Crippen LogP contribution >= 0.6 is 0 Å². The van der Waals surface area contributed by atoms with Crippen LogP contribution in [0.3, 0.4) is 0 Å². The van der Waals surface area contributed by atoms with Crippen LogP contribution < -0.4 is 4.74 Å². The number of ether oxygens (including phenoxy) is 1. The lowest BCUT2D eigenvalue weighted by Gasteiger charge is -2.14. The van der Waals surface area contributed by atoms with Crippen molar-refractivity contribution in [2.75, 3.05) is 7.11 Å². The van der Waals surface area contributed by atoms with Crippen LogP contribution in [0.5, 0.6) is 5.75 Å². The molecule has 0 aromatic heterocycles. The molecule has 0 saturated carbocycles. The van der Waals surface area contributed by atoms with Crippen LogP contribution in [-0.4, -0.2) is 33.1 Å². The molecular formula is C21H18O7S2-2. The average Bonchev–Trinajstić information content (AvgIpc) is 2.65. The number of rotatable bonds is 5. The third-order valence-corrected chi connectivity index (χ3v) is 6.58. The van der Waals surface area contributed by atoms with E-state index in [0.717, 1.165) is 16.5 Å². The summed E-state index contributed by atoms with van der Waals surface area (Å²) in [5, 5.41) is 1.33. The molecule has 0 unspecified atom stereocenters. The van der Waals surface area contributed by atoms with Gasteiger partial charge in [0, 0.05) is 5.56 Å². The van der Waals surface area contributed by atoms with Crippen molar-refractivity contribution in [3.63, 3.8) is 0 Å². The van der Waals surface area contributed by atoms with E-state index in [2.05, 4.69) is 0 Å². The van der Waals surface area contributed by atoms with E-state index in [9.17, 15) is 25.9 Å². The average molecular weight is 447 g/mol. The van der Waals surface area contributed by atoms with E-state index >= 15 is 0 Å². The molecule has 0 fully saturated rings. The minimum Gasteiger partial charge on any atom is -0.744 e. The van der Waals surface area contributed by atoms with Gasteiger partial charge in [0.15, 0.2) is 0 Å². The summed E-state index contributed by atoms with van der Waals surface area (Å²) >= 11 is 0. The van der Waals surface area contributed by atoms with Crippen LogP contribution in [0.4, 0.5) is 0 Å². The van der Waals surface area contributed by atoms with E-state index in [4.69, 9.17) is 4.74 Å². The third kappa shape index (κ3) is 4.39. The Labute approximate surface area is 175 Å². The molecule has 0 saturated heterocycles. The highest BCUT2D eigenvalue weighted by Gasteiger charge is 2.12. The molecule has 0 bridgehead atoms. The second-order valence-corrected chi connectivity index (χ2v) is 9.51. The Bertz CT molecular complexity index is 1390. The van der Waals surface area contributed by atoms with Gasteiger partial charge in [0.05, 0.1) is 16.9 Å². The van der Waals surface area contributed by atoms with Crippen molar-refractivity contribution in [1.82, 2.24) is 0 Å². The molecule has 3 aromatic carbocycles. The Balaban J connectivity index is 2.14. The van der Waals surface area contributed by atoms with E-state index in [1.807, 2.05) is 6.92 Å². The summed E-state index contributed by atoms with van der Waals surface area (Å²) in [6.45, 7) is 3.41. The van der Waals surface area contributed by atoms with Crippen molar-refractivity contribution >= 4 is 43.2 Å². The zero-order chi connectivity index (χ0) is 22.3. The second-order valence-electron chi connectivity index (χ2n) is 6.78. The predicted molar refractivity (Wildman–Crippen MR) is 111 cm³/mol. The van der Waals surface area contributed by atoms with Gasteiger partial charge in [-0.1, -0.05) is 30.4 Å². The Morgan fingerprint density at radius 3 is 2.13 bits per heavy atom. The second kappa shape index (κ2) is 7.84. The first-order chi connectivity index (χ1) is 13.9. The molecule has 0 aliphatic rings. The largest absolute Gasteiger partial charge is 0.744 e. The quantitative estimate of drug-likeness (QED) is 0.434. The van der Waals surface area contributed by atoms with Crippen molar-refractivity contribution < 1.29 is 30.7 Å². The maximum atomic E-state index is 11.4. The summed E-state index contributed by atoms with van der Waals surface area (Å²) in [4.78, 5) is -0.648. The number of aryl methyl sites for hydroxylation is 2. The molecule has 0 amide bonds. The molecule has 0 aliphatic carbocycles. The fraction of sp³-hybridized carbons (Fsp3) is 0.143. The smallest absolute Gasteiger partial charge is 0.127 e. The Kier molecular flexibility index (Phi) is 5.74. The number of hydrogen-bond donors (Lipinski definition) is 0. The van der Waals surface area contributed by atoms with E-state index in [-0.39, 0.29) is 15.5 Å². The van der Waals surface area contributed by atoms with Crippen molar-refractivity contribution in [3.8, 4) is 5.75 Å². The summed E-state index contributed by atoms with van der Waals surface area (Å²) in [7, 11) is -7.82. The van der Waals surface area contributed by atoms with Crippen molar-refractivity contribution in [2.45, 2.75) is 23.6 Å². The minimum atomic E-state index is -4.63. The topological polar surface area (TPSA) is 124 Å². The lowest BCUT2D eigenvalue weighted by atomic mass is 9.98. The molecule has 3 aromatic rings. The monoisotopic (exact) mass is 446 g/mol. The van der Waals surface area contributed by atoms with Gasteiger partial charge in [-0.2, -0.15) is 0 Å². The normalized spacial score (nSPS) is 12.6. The fourth-order valence-corrected chi connectivity index (χ4v) is 4.47. The number of fused-ring (bicyclic) bond motifs is 1. The van der Waals surface area contributed by atoms with Crippen LogP contribution in [0.15, 0.2) is 52.3 Å². The van der Waals surface area contributed by atoms with Crippen LogP contribution in [0.2, 0.25) is 0 Å². The molecule has 0 spiro atoms. The van der Waals surface area contributed by atoms with Gasteiger partial charge in [-0.15, -0.1) is 0 Å². The van der Waals surface area contributed by atoms with Gasteiger partial charge in [-0.3, -0.25) is 0 Å². The summed E-state index contributed by atoms with van der Waals surface area (Å²) in [5.41, 5.74) is 2.57. The van der Waals surface area contributed by atoms with Gasteiger partial charge < -0.3 is 13.8 Å². The first kappa shape index (κ1) is 22.0. The summed E-state index contributed by atoms with van der Waals surface area (Å²) in [6, 6.07) is 10.4. The van der Waals surface area contributed by atoms with Crippen LogP contribution in [0.1, 0.15) is 22.3 Å². The lowest BCUT2D eigenvalue weighted by molar-refractivity contribution is 0.411. The molecule has 0 radical (unpaired) electrons. The maximum absolute atomic E-state index is 11.4. The molecule has 0 aliphatic heterocycles. The molecule has 158 valence electrons. The first-order valence-electron chi connectivity index (χ1n) is 8.73. The number of hydrogen-bond acceptors (Lipinski definition) is 7. The van der Waals surface area contributed by atoms with Crippen molar-refractivity contribution in [3.05, 3.63) is 64.7 Å².